The Morgan fingerprint density at radius 1 is 0.423 bits per heavy atom. The van der Waals surface area contributed by atoms with Gasteiger partial charge < -0.3 is 33.3 Å². The fourth-order valence-corrected chi connectivity index (χ4v) is 8.72. The molecule has 0 amide bonds. The molecule has 9 nitrogen and oxygen atoms in total. The molecule has 2 unspecified atom stereocenters. The molecule has 0 fully saturated rings. The summed E-state index contributed by atoms with van der Waals surface area (Å²) in [6.07, 6.45) is 62.0. The molecule has 71 heavy (non-hydrogen) atoms. The van der Waals surface area contributed by atoms with Gasteiger partial charge in [0.25, 0.3) is 0 Å². The first-order valence-electron chi connectivity index (χ1n) is 30.1. The van der Waals surface area contributed by atoms with Crippen molar-refractivity contribution in [2.24, 2.45) is 0 Å². The van der Waals surface area contributed by atoms with Gasteiger partial charge in [0.2, 0.25) is 0 Å². The number of nitrogens with zero attached hydrogens (tertiary/aromatic N) is 1. The van der Waals surface area contributed by atoms with Crippen molar-refractivity contribution in [3.8, 4) is 0 Å². The summed E-state index contributed by atoms with van der Waals surface area (Å²) in [7, 11) is 5.92. The summed E-state index contributed by atoms with van der Waals surface area (Å²) in [6.45, 7) is 4.75. The lowest BCUT2D eigenvalue weighted by Gasteiger charge is -2.26. The molecule has 0 aromatic carbocycles. The number of esters is 2. The van der Waals surface area contributed by atoms with Crippen LogP contribution in [-0.4, -0.2) is 82.3 Å². The van der Waals surface area contributed by atoms with Gasteiger partial charge in [-0.15, -0.1) is 0 Å². The van der Waals surface area contributed by atoms with Crippen molar-refractivity contribution >= 4 is 17.9 Å². The molecule has 0 heterocycles. The maximum atomic E-state index is 12.8. The van der Waals surface area contributed by atoms with E-state index in [4.69, 9.17) is 18.9 Å². The maximum absolute atomic E-state index is 12.8. The second-order valence-electron chi connectivity index (χ2n) is 21.6. The van der Waals surface area contributed by atoms with Crippen LogP contribution in [0.1, 0.15) is 284 Å². The van der Waals surface area contributed by atoms with Crippen LogP contribution in [0.3, 0.4) is 0 Å². The molecule has 9 heteroatoms. The second-order valence-corrected chi connectivity index (χ2v) is 21.6. The zero-order valence-corrected chi connectivity index (χ0v) is 47.4. The molecule has 0 saturated carbocycles. The third-order valence-electron chi connectivity index (χ3n) is 13.4. The average molecular weight is 1000 g/mol. The summed E-state index contributed by atoms with van der Waals surface area (Å²) in [4.78, 5) is 37.3. The summed E-state index contributed by atoms with van der Waals surface area (Å²) < 4.78 is 22.7. The Kier molecular flexibility index (Phi) is 51.9. The largest absolute Gasteiger partial charge is 0.545 e. The van der Waals surface area contributed by atoms with E-state index < -0.39 is 24.3 Å². The molecular weight excluding hydrogens is 887 g/mol. The molecule has 0 radical (unpaired) electrons. The third-order valence-corrected chi connectivity index (χ3v) is 13.4. The molecule has 0 N–H and O–H groups in total. The minimum absolute atomic E-state index is 0.146. The van der Waals surface area contributed by atoms with E-state index in [2.05, 4.69) is 50.3 Å². The molecule has 2 atom stereocenters. The molecule has 0 aliphatic carbocycles. The zero-order chi connectivity index (χ0) is 52.0. The molecule has 0 aliphatic heterocycles. The van der Waals surface area contributed by atoms with Gasteiger partial charge in [0.05, 0.1) is 40.3 Å². The van der Waals surface area contributed by atoms with Crippen molar-refractivity contribution in [3.05, 3.63) is 36.5 Å². The number of hydrogen-bond acceptors (Lipinski definition) is 8. The summed E-state index contributed by atoms with van der Waals surface area (Å²) in [5, 5.41) is 11.8. The van der Waals surface area contributed by atoms with Crippen LogP contribution < -0.4 is 5.11 Å². The Balaban J connectivity index is 4.17. The monoisotopic (exact) mass is 1000 g/mol. The van der Waals surface area contributed by atoms with E-state index in [0.29, 0.717) is 23.9 Å². The number of ether oxygens (including phenoxy) is 4. The molecule has 0 rings (SSSR count). The molecular formula is C62H115NO8. The summed E-state index contributed by atoms with van der Waals surface area (Å²) in [5.74, 6) is -2.28. The number of aliphatic carboxylic acids is 1. The van der Waals surface area contributed by atoms with Gasteiger partial charge in [-0.3, -0.25) is 9.59 Å². The van der Waals surface area contributed by atoms with Gasteiger partial charge in [-0.05, 0) is 51.4 Å². The van der Waals surface area contributed by atoms with Crippen LogP contribution in [0.4, 0.5) is 0 Å². The Hall–Kier alpha value is -2.49. The fraction of sp³-hybridized carbons (Fsp3) is 0.855. The van der Waals surface area contributed by atoms with E-state index in [1.54, 1.807) is 0 Å². The first kappa shape index (κ1) is 68.5. The van der Waals surface area contributed by atoms with Crippen LogP contribution in [0.15, 0.2) is 36.5 Å². The Labute approximate surface area is 439 Å². The van der Waals surface area contributed by atoms with Crippen molar-refractivity contribution < 1.29 is 42.9 Å². The standard InChI is InChI=1S/C62H115NO8/c1-6-8-10-12-14-16-18-20-22-24-26-27-28-29-30-31-32-33-35-36-38-40-42-44-46-48-50-52-59(64)69-56-58(57-70-62(61(66)67)68-55-54-63(3,4)5)71-60(65)53-51-49-47-45-43-41-39-37-34-25-23-21-19-17-15-13-11-9-7-2/h15,17,21,23,34,37,58,62H,6-14,16,18-20,22,24-33,35-36,38-57H2,1-5H3/b17-15-,23-21-,37-34-. The van der Waals surface area contributed by atoms with Crippen LogP contribution in [0.5, 0.6) is 0 Å². The maximum Gasteiger partial charge on any atom is 0.306 e. The smallest absolute Gasteiger partial charge is 0.306 e. The molecule has 416 valence electrons. The highest BCUT2D eigenvalue weighted by atomic mass is 16.7. The Morgan fingerprint density at radius 3 is 1.15 bits per heavy atom. The topological polar surface area (TPSA) is 111 Å². The average Bonchev–Trinajstić information content (AvgIpc) is 3.34. The van der Waals surface area contributed by atoms with E-state index in [-0.39, 0.29) is 32.2 Å². The van der Waals surface area contributed by atoms with Crippen LogP contribution >= 0.6 is 0 Å². The number of quaternary nitrogens is 1. The highest BCUT2D eigenvalue weighted by molar-refractivity contribution is 5.70. The van der Waals surface area contributed by atoms with E-state index in [1.165, 1.54) is 180 Å². The Bertz CT molecular complexity index is 1260. The highest BCUT2D eigenvalue weighted by Gasteiger charge is 2.22. The number of carboxylic acid groups (broad SMARTS) is 1. The van der Waals surface area contributed by atoms with Crippen LogP contribution in [0.25, 0.3) is 0 Å². The predicted molar refractivity (Wildman–Crippen MR) is 297 cm³/mol. The van der Waals surface area contributed by atoms with Crippen molar-refractivity contribution in [1.29, 1.82) is 0 Å². The van der Waals surface area contributed by atoms with E-state index >= 15 is 0 Å². The number of allylic oxidation sites excluding steroid dienone is 6. The first-order chi connectivity index (χ1) is 34.6. The lowest BCUT2D eigenvalue weighted by molar-refractivity contribution is -0.870. The number of unbranched alkanes of at least 4 members (excludes halogenated alkanes) is 35. The van der Waals surface area contributed by atoms with Gasteiger partial charge >= 0.3 is 11.9 Å². The normalized spacial score (nSPS) is 13.0. The predicted octanol–water partition coefficient (Wildman–Crippen LogP) is 16.3. The van der Waals surface area contributed by atoms with E-state index in [1.807, 2.05) is 21.1 Å². The van der Waals surface area contributed by atoms with Gasteiger partial charge in [-0.2, -0.15) is 0 Å². The van der Waals surface area contributed by atoms with Gasteiger partial charge in [0, 0.05) is 12.8 Å². The molecule has 0 aromatic rings. The molecule has 0 aromatic heterocycles. The number of carbonyl (C=O) groups excluding carboxylic acids is 3. The number of carboxylic acids is 1. The van der Waals surface area contributed by atoms with Crippen LogP contribution in [-0.2, 0) is 33.3 Å². The summed E-state index contributed by atoms with van der Waals surface area (Å²) >= 11 is 0. The van der Waals surface area contributed by atoms with Crippen LogP contribution in [0.2, 0.25) is 0 Å². The molecule has 0 bridgehead atoms. The minimum Gasteiger partial charge on any atom is -0.545 e. The van der Waals surface area contributed by atoms with Gasteiger partial charge in [-0.25, -0.2) is 0 Å². The van der Waals surface area contributed by atoms with E-state index in [0.717, 1.165) is 70.6 Å². The molecule has 0 spiro atoms. The SMILES string of the molecule is CCCCC/C=C\C/C=C\C/C=C\CCCCCCCCC(=O)OC(COC(=O)CCCCCCCCCCCCCCCCCCCCCCCCCCCCC)COC(OCC[N+](C)(C)C)C(=O)[O-]. The molecule has 0 aliphatic rings. The van der Waals surface area contributed by atoms with Crippen molar-refractivity contribution in [2.45, 2.75) is 296 Å². The number of carbonyl (C=O) groups is 3. The summed E-state index contributed by atoms with van der Waals surface area (Å²) in [6, 6.07) is 0. The first-order valence-corrected chi connectivity index (χ1v) is 30.1. The van der Waals surface area contributed by atoms with Crippen molar-refractivity contribution in [2.75, 3.05) is 47.5 Å². The van der Waals surface area contributed by atoms with Gasteiger partial charge in [0.1, 0.15) is 13.2 Å². The quantitative estimate of drug-likeness (QED) is 0.0195. The lowest BCUT2D eigenvalue weighted by Crippen LogP contribution is -2.44. The minimum atomic E-state index is -1.62. The van der Waals surface area contributed by atoms with Crippen LogP contribution in [0, 0.1) is 0 Å². The van der Waals surface area contributed by atoms with Crippen molar-refractivity contribution in [1.82, 2.24) is 0 Å². The van der Waals surface area contributed by atoms with E-state index in [9.17, 15) is 19.5 Å². The van der Waals surface area contributed by atoms with Gasteiger partial charge in [0.15, 0.2) is 12.4 Å². The number of rotatable bonds is 56. The molecule has 0 saturated heterocycles. The second kappa shape index (κ2) is 53.8. The zero-order valence-electron chi connectivity index (χ0n) is 47.4. The lowest BCUT2D eigenvalue weighted by atomic mass is 10.0. The fourth-order valence-electron chi connectivity index (χ4n) is 8.72. The third kappa shape index (κ3) is 55.1. The van der Waals surface area contributed by atoms with Gasteiger partial charge in [-0.1, -0.05) is 256 Å². The van der Waals surface area contributed by atoms with Crippen molar-refractivity contribution in [3.63, 3.8) is 0 Å². The number of likely N-dealkylation sites (N-methyl/N-ethyl adjacent to an activating group) is 1. The number of hydrogen-bond donors (Lipinski definition) is 0. The Morgan fingerprint density at radius 2 is 0.761 bits per heavy atom. The highest BCUT2D eigenvalue weighted by Crippen LogP contribution is 2.17. The summed E-state index contributed by atoms with van der Waals surface area (Å²) in [5.41, 5.74) is 0.